The lowest BCUT2D eigenvalue weighted by molar-refractivity contribution is 0.0924. The van der Waals surface area contributed by atoms with Gasteiger partial charge in [0.1, 0.15) is 11.6 Å². The topological polar surface area (TPSA) is 89.3 Å². The first-order valence-electron chi connectivity index (χ1n) is 6.73. The Balaban J connectivity index is 1.76. The number of hydrogen-bond acceptors (Lipinski definition) is 5. The molecule has 3 rings (SSSR count). The minimum atomic E-state index is -0.159. The molecule has 1 aliphatic rings. The van der Waals surface area contributed by atoms with Gasteiger partial charge >= 0.3 is 0 Å². The molecule has 0 bridgehead atoms. The van der Waals surface area contributed by atoms with Crippen LogP contribution in [0, 0.1) is 0 Å². The maximum atomic E-state index is 12.3. The van der Waals surface area contributed by atoms with E-state index < -0.39 is 0 Å². The molecule has 1 aliphatic heterocycles. The molecular formula is C15H16N4O2. The second-order valence-corrected chi connectivity index (χ2v) is 4.78. The van der Waals surface area contributed by atoms with E-state index in [1.165, 1.54) is 6.20 Å². The standard InChI is InChI=1S/C15H16N4O2/c16-19-14-6-5-10(9-17-14)15(20)18-12-7-8-21-13-4-2-1-3-11(12)13/h1-6,9,12H,7-8,16H2,(H,17,19)(H,18,20). The van der Waals surface area contributed by atoms with E-state index in [4.69, 9.17) is 10.6 Å². The van der Waals surface area contributed by atoms with Crippen molar-refractivity contribution in [2.24, 2.45) is 5.84 Å². The fraction of sp³-hybridized carbons (Fsp3) is 0.200. The number of hydrogen-bond donors (Lipinski definition) is 3. The Labute approximate surface area is 122 Å². The lowest BCUT2D eigenvalue weighted by Crippen LogP contribution is -2.32. The monoisotopic (exact) mass is 284 g/mol. The lowest BCUT2D eigenvalue weighted by atomic mass is 10.0. The van der Waals surface area contributed by atoms with Crippen molar-refractivity contribution in [3.8, 4) is 5.75 Å². The predicted octanol–water partition coefficient (Wildman–Crippen LogP) is 1.62. The minimum Gasteiger partial charge on any atom is -0.493 e. The van der Waals surface area contributed by atoms with Crippen LogP contribution < -0.4 is 21.3 Å². The van der Waals surface area contributed by atoms with Gasteiger partial charge in [-0.1, -0.05) is 18.2 Å². The van der Waals surface area contributed by atoms with Crippen LogP contribution in [-0.4, -0.2) is 17.5 Å². The minimum absolute atomic E-state index is 0.0465. The molecule has 0 fully saturated rings. The second-order valence-electron chi connectivity index (χ2n) is 4.78. The van der Waals surface area contributed by atoms with E-state index in [1.54, 1.807) is 12.1 Å². The number of carbonyl (C=O) groups excluding carboxylic acids is 1. The van der Waals surface area contributed by atoms with Crippen LogP contribution in [0.2, 0.25) is 0 Å². The van der Waals surface area contributed by atoms with Crippen molar-refractivity contribution in [1.29, 1.82) is 0 Å². The molecule has 1 amide bonds. The summed E-state index contributed by atoms with van der Waals surface area (Å²) in [6.07, 6.45) is 2.24. The molecule has 1 aromatic heterocycles. The summed E-state index contributed by atoms with van der Waals surface area (Å²) in [6, 6.07) is 11.0. The van der Waals surface area contributed by atoms with E-state index in [1.807, 2.05) is 24.3 Å². The molecule has 108 valence electrons. The molecule has 0 saturated heterocycles. The van der Waals surface area contributed by atoms with Crippen molar-refractivity contribution < 1.29 is 9.53 Å². The molecule has 0 spiro atoms. The maximum Gasteiger partial charge on any atom is 0.253 e. The third-order valence-corrected chi connectivity index (χ3v) is 3.44. The van der Waals surface area contributed by atoms with Crippen LogP contribution in [0.1, 0.15) is 28.4 Å². The molecule has 0 aliphatic carbocycles. The number of benzene rings is 1. The zero-order valence-corrected chi connectivity index (χ0v) is 11.4. The summed E-state index contributed by atoms with van der Waals surface area (Å²) in [5.41, 5.74) is 3.93. The zero-order chi connectivity index (χ0) is 14.7. The van der Waals surface area contributed by atoms with Crippen molar-refractivity contribution in [1.82, 2.24) is 10.3 Å². The number of hydrazine groups is 1. The number of fused-ring (bicyclic) bond motifs is 1. The molecular weight excluding hydrogens is 268 g/mol. The van der Waals surface area contributed by atoms with E-state index >= 15 is 0 Å². The maximum absolute atomic E-state index is 12.3. The molecule has 21 heavy (non-hydrogen) atoms. The van der Waals surface area contributed by atoms with Crippen LogP contribution in [0.4, 0.5) is 5.82 Å². The van der Waals surface area contributed by atoms with Gasteiger partial charge in [0.2, 0.25) is 0 Å². The van der Waals surface area contributed by atoms with Gasteiger partial charge in [0.25, 0.3) is 5.91 Å². The van der Waals surface area contributed by atoms with Gasteiger partial charge in [-0.2, -0.15) is 0 Å². The average molecular weight is 284 g/mol. The summed E-state index contributed by atoms with van der Waals surface area (Å²) in [5.74, 6) is 6.44. The first-order chi connectivity index (χ1) is 10.3. The smallest absolute Gasteiger partial charge is 0.253 e. The molecule has 1 unspecified atom stereocenters. The van der Waals surface area contributed by atoms with Crippen LogP contribution in [-0.2, 0) is 0 Å². The van der Waals surface area contributed by atoms with E-state index in [-0.39, 0.29) is 11.9 Å². The second kappa shape index (κ2) is 5.80. The lowest BCUT2D eigenvalue weighted by Gasteiger charge is -2.26. The Morgan fingerprint density at radius 3 is 2.90 bits per heavy atom. The van der Waals surface area contributed by atoms with Gasteiger partial charge in [-0.3, -0.25) is 4.79 Å². The van der Waals surface area contributed by atoms with Crippen molar-refractivity contribution in [2.75, 3.05) is 12.0 Å². The van der Waals surface area contributed by atoms with Crippen LogP contribution in [0.5, 0.6) is 5.75 Å². The number of para-hydroxylation sites is 1. The molecule has 4 N–H and O–H groups in total. The molecule has 6 nitrogen and oxygen atoms in total. The van der Waals surface area contributed by atoms with Gasteiger partial charge < -0.3 is 15.5 Å². The number of aromatic nitrogens is 1. The van der Waals surface area contributed by atoms with Crippen LogP contribution in [0.15, 0.2) is 42.6 Å². The van der Waals surface area contributed by atoms with Crippen molar-refractivity contribution in [3.63, 3.8) is 0 Å². The summed E-state index contributed by atoms with van der Waals surface area (Å²) in [6.45, 7) is 0.593. The molecule has 1 aromatic carbocycles. The summed E-state index contributed by atoms with van der Waals surface area (Å²) in [4.78, 5) is 16.3. The first kappa shape index (κ1) is 13.4. The van der Waals surface area contributed by atoms with Crippen LogP contribution in [0.25, 0.3) is 0 Å². The van der Waals surface area contributed by atoms with E-state index in [9.17, 15) is 4.79 Å². The van der Waals surface area contributed by atoms with Crippen LogP contribution in [0.3, 0.4) is 0 Å². The molecule has 1 atom stereocenters. The van der Waals surface area contributed by atoms with E-state index in [2.05, 4.69) is 15.7 Å². The quantitative estimate of drug-likeness (QED) is 0.588. The number of carbonyl (C=O) groups is 1. The Morgan fingerprint density at radius 1 is 1.29 bits per heavy atom. The predicted molar refractivity (Wildman–Crippen MR) is 78.8 cm³/mol. The molecule has 6 heteroatoms. The summed E-state index contributed by atoms with van der Waals surface area (Å²) in [7, 11) is 0. The number of ether oxygens (including phenoxy) is 1. The number of pyridine rings is 1. The highest BCUT2D eigenvalue weighted by Gasteiger charge is 2.23. The van der Waals surface area contributed by atoms with E-state index in [0.717, 1.165) is 17.7 Å². The number of nitrogens with zero attached hydrogens (tertiary/aromatic N) is 1. The third-order valence-electron chi connectivity index (χ3n) is 3.44. The Bertz CT molecular complexity index is 642. The van der Waals surface area contributed by atoms with Gasteiger partial charge in [-0.05, 0) is 18.2 Å². The van der Waals surface area contributed by atoms with Crippen molar-refractivity contribution >= 4 is 11.7 Å². The van der Waals surface area contributed by atoms with Crippen molar-refractivity contribution in [3.05, 3.63) is 53.7 Å². The SMILES string of the molecule is NNc1ccc(C(=O)NC2CCOc3ccccc32)cn1. The molecule has 2 heterocycles. The number of anilines is 1. The van der Waals surface area contributed by atoms with Gasteiger partial charge in [0.05, 0.1) is 18.2 Å². The highest BCUT2D eigenvalue weighted by molar-refractivity contribution is 5.94. The van der Waals surface area contributed by atoms with E-state index in [0.29, 0.717) is 18.0 Å². The van der Waals surface area contributed by atoms with Gasteiger partial charge in [0.15, 0.2) is 0 Å². The summed E-state index contributed by atoms with van der Waals surface area (Å²) >= 11 is 0. The summed E-state index contributed by atoms with van der Waals surface area (Å²) < 4.78 is 5.59. The average Bonchev–Trinajstić information content (AvgIpc) is 2.55. The van der Waals surface area contributed by atoms with Crippen molar-refractivity contribution in [2.45, 2.75) is 12.5 Å². The fourth-order valence-electron chi connectivity index (χ4n) is 2.35. The highest BCUT2D eigenvalue weighted by atomic mass is 16.5. The number of rotatable bonds is 3. The number of amides is 1. The Morgan fingerprint density at radius 2 is 2.14 bits per heavy atom. The largest absolute Gasteiger partial charge is 0.493 e. The highest BCUT2D eigenvalue weighted by Crippen LogP contribution is 2.31. The normalized spacial score (nSPS) is 16.5. The zero-order valence-electron chi connectivity index (χ0n) is 11.4. The van der Waals surface area contributed by atoms with Gasteiger partial charge in [-0.15, -0.1) is 0 Å². The summed E-state index contributed by atoms with van der Waals surface area (Å²) in [5, 5.41) is 3.02. The van der Waals surface area contributed by atoms with Gasteiger partial charge in [0, 0.05) is 18.2 Å². The number of nitrogens with two attached hydrogens (primary N) is 1. The van der Waals surface area contributed by atoms with Crippen LogP contribution >= 0.6 is 0 Å². The number of nitrogens with one attached hydrogen (secondary N) is 2. The first-order valence-corrected chi connectivity index (χ1v) is 6.73. The number of nitrogen functional groups attached to an aromatic ring is 1. The van der Waals surface area contributed by atoms with Gasteiger partial charge in [-0.25, -0.2) is 10.8 Å². The molecule has 0 saturated carbocycles. The fourth-order valence-corrected chi connectivity index (χ4v) is 2.35. The Hall–Kier alpha value is -2.60. The molecule has 2 aromatic rings. The third kappa shape index (κ3) is 2.80. The molecule has 0 radical (unpaired) electrons. The Kier molecular flexibility index (Phi) is 3.70.